The molecule has 0 aliphatic rings. The highest BCUT2D eigenvalue weighted by Crippen LogP contribution is 2.16. The van der Waals surface area contributed by atoms with E-state index in [1.807, 2.05) is 6.08 Å². The third kappa shape index (κ3) is 4.64. The molecular formula is C11H18. The number of rotatable bonds is 4. The normalized spacial score (nSPS) is 13.5. The van der Waals surface area contributed by atoms with Crippen LogP contribution < -0.4 is 0 Å². The molecule has 0 radical (unpaired) electrons. The second-order valence-electron chi connectivity index (χ2n) is 3.08. The summed E-state index contributed by atoms with van der Waals surface area (Å²) in [6.45, 7) is 10.1. The molecule has 0 rings (SSSR count). The first-order valence-corrected chi connectivity index (χ1v) is 4.19. The van der Waals surface area contributed by atoms with Crippen LogP contribution in [-0.2, 0) is 0 Å². The Bertz CT molecular complexity index is 157. The van der Waals surface area contributed by atoms with E-state index in [4.69, 9.17) is 0 Å². The van der Waals surface area contributed by atoms with Crippen molar-refractivity contribution >= 4 is 0 Å². The lowest BCUT2D eigenvalue weighted by Gasteiger charge is -2.13. The minimum Gasteiger partial charge on any atom is -0.133 e. The molecule has 0 aromatic heterocycles. The van der Waals surface area contributed by atoms with Crippen LogP contribution in [0.1, 0.15) is 27.2 Å². The van der Waals surface area contributed by atoms with Crippen LogP contribution in [0.2, 0.25) is 0 Å². The number of allylic oxidation sites excluding steroid dienone is 3. The molecule has 0 amide bonds. The van der Waals surface area contributed by atoms with Gasteiger partial charge in [0, 0.05) is 0 Å². The summed E-state index contributed by atoms with van der Waals surface area (Å²) >= 11 is 0. The van der Waals surface area contributed by atoms with E-state index in [0.717, 1.165) is 6.42 Å². The molecule has 0 saturated heterocycles. The Morgan fingerprint density at radius 3 is 2.45 bits per heavy atom. The first-order chi connectivity index (χ1) is 5.22. The molecule has 0 fully saturated rings. The average molecular weight is 150 g/mol. The second kappa shape index (κ2) is 6.00. The highest BCUT2D eigenvalue weighted by atomic mass is 14.1. The van der Waals surface area contributed by atoms with Gasteiger partial charge in [0.1, 0.15) is 0 Å². The Hall–Kier alpha value is -0.740. The van der Waals surface area contributed by atoms with Gasteiger partial charge in [-0.1, -0.05) is 32.6 Å². The molecule has 62 valence electrons. The van der Waals surface area contributed by atoms with E-state index < -0.39 is 0 Å². The van der Waals surface area contributed by atoms with Gasteiger partial charge in [-0.15, -0.1) is 5.73 Å². The third-order valence-electron chi connectivity index (χ3n) is 1.83. The van der Waals surface area contributed by atoms with Crippen LogP contribution >= 0.6 is 0 Å². The van der Waals surface area contributed by atoms with Gasteiger partial charge in [-0.2, -0.15) is 0 Å². The monoisotopic (exact) mass is 150 g/mol. The Balaban J connectivity index is 3.99. The van der Waals surface area contributed by atoms with Crippen LogP contribution in [0.5, 0.6) is 0 Å². The molecule has 0 spiro atoms. The minimum atomic E-state index is 0.647. The lowest BCUT2D eigenvalue weighted by molar-refractivity contribution is 0.470. The topological polar surface area (TPSA) is 0 Å². The zero-order valence-corrected chi connectivity index (χ0v) is 7.80. The molecule has 0 bridgehead atoms. The molecule has 1 atom stereocenters. The molecule has 0 N–H and O–H groups in total. The first-order valence-electron chi connectivity index (χ1n) is 4.19. The fraction of sp³-hybridized carbons (Fsp3) is 0.545. The fourth-order valence-electron chi connectivity index (χ4n) is 1.04. The molecule has 0 aromatic rings. The molecule has 0 aliphatic carbocycles. The maximum atomic E-state index is 3.55. The van der Waals surface area contributed by atoms with Gasteiger partial charge in [0.25, 0.3) is 0 Å². The van der Waals surface area contributed by atoms with Crippen molar-refractivity contribution in [3.05, 3.63) is 30.5 Å². The lowest BCUT2D eigenvalue weighted by Crippen LogP contribution is -2.03. The van der Waals surface area contributed by atoms with Crippen LogP contribution in [0.25, 0.3) is 0 Å². The zero-order chi connectivity index (χ0) is 8.69. The van der Waals surface area contributed by atoms with Crippen LogP contribution in [0, 0.1) is 11.8 Å². The molecule has 11 heavy (non-hydrogen) atoms. The van der Waals surface area contributed by atoms with Gasteiger partial charge in [0.05, 0.1) is 0 Å². The van der Waals surface area contributed by atoms with Gasteiger partial charge < -0.3 is 0 Å². The van der Waals surface area contributed by atoms with Gasteiger partial charge in [0.15, 0.2) is 0 Å². The van der Waals surface area contributed by atoms with Crippen molar-refractivity contribution in [1.82, 2.24) is 0 Å². The van der Waals surface area contributed by atoms with E-state index in [2.05, 4.69) is 45.2 Å². The zero-order valence-electron chi connectivity index (χ0n) is 7.80. The average Bonchev–Trinajstić information content (AvgIpc) is 1.97. The van der Waals surface area contributed by atoms with Crippen LogP contribution in [-0.4, -0.2) is 0 Å². The Kier molecular flexibility index (Phi) is 5.60. The molecule has 0 heterocycles. The summed E-state index contributed by atoms with van der Waals surface area (Å²) < 4.78 is 0. The van der Waals surface area contributed by atoms with Crippen molar-refractivity contribution in [2.75, 3.05) is 0 Å². The number of hydrogen-bond donors (Lipinski definition) is 0. The van der Waals surface area contributed by atoms with Crippen LogP contribution in [0.15, 0.2) is 30.5 Å². The summed E-state index contributed by atoms with van der Waals surface area (Å²) in [6.07, 6.45) is 7.43. The van der Waals surface area contributed by atoms with E-state index >= 15 is 0 Å². The summed E-state index contributed by atoms with van der Waals surface area (Å²) in [5.41, 5.74) is 2.80. The second-order valence-corrected chi connectivity index (χ2v) is 3.08. The van der Waals surface area contributed by atoms with E-state index in [1.54, 1.807) is 0 Å². The molecule has 0 aliphatic heterocycles. The quantitative estimate of drug-likeness (QED) is 0.424. The summed E-state index contributed by atoms with van der Waals surface area (Å²) in [6, 6.07) is 0. The van der Waals surface area contributed by atoms with Crippen LogP contribution in [0.3, 0.4) is 0 Å². The predicted molar refractivity (Wildman–Crippen MR) is 51.5 cm³/mol. The lowest BCUT2D eigenvalue weighted by atomic mass is 9.92. The summed E-state index contributed by atoms with van der Waals surface area (Å²) in [5, 5.41) is 0. The van der Waals surface area contributed by atoms with Crippen molar-refractivity contribution in [2.45, 2.75) is 27.2 Å². The summed E-state index contributed by atoms with van der Waals surface area (Å²) in [7, 11) is 0. The molecule has 1 unspecified atom stereocenters. The third-order valence-corrected chi connectivity index (χ3v) is 1.83. The maximum Gasteiger partial charge on any atom is -0.0170 e. The predicted octanol–water partition coefficient (Wildman–Crippen LogP) is 3.57. The van der Waals surface area contributed by atoms with Crippen molar-refractivity contribution in [2.24, 2.45) is 11.8 Å². The molecule has 0 heteroatoms. The summed E-state index contributed by atoms with van der Waals surface area (Å²) in [5.74, 6) is 1.35. The van der Waals surface area contributed by atoms with Gasteiger partial charge in [-0.05, 0) is 31.3 Å². The Morgan fingerprint density at radius 2 is 2.09 bits per heavy atom. The summed E-state index contributed by atoms with van der Waals surface area (Å²) in [4.78, 5) is 0. The van der Waals surface area contributed by atoms with Crippen molar-refractivity contribution < 1.29 is 0 Å². The highest BCUT2D eigenvalue weighted by molar-refractivity contribution is 4.92. The SMILES string of the molecule is C=C=CCC(C=CC)C(C)C. The van der Waals surface area contributed by atoms with Gasteiger partial charge in [-0.25, -0.2) is 0 Å². The maximum absolute atomic E-state index is 3.55. The van der Waals surface area contributed by atoms with Gasteiger partial charge in [0.2, 0.25) is 0 Å². The minimum absolute atomic E-state index is 0.647. The molecule has 0 saturated carbocycles. The van der Waals surface area contributed by atoms with Crippen molar-refractivity contribution in [1.29, 1.82) is 0 Å². The Morgan fingerprint density at radius 1 is 1.45 bits per heavy atom. The van der Waals surface area contributed by atoms with Gasteiger partial charge in [-0.3, -0.25) is 0 Å². The molecule has 0 aromatic carbocycles. The Labute approximate surface area is 70.3 Å². The molecule has 0 nitrogen and oxygen atoms in total. The van der Waals surface area contributed by atoms with E-state index in [-0.39, 0.29) is 0 Å². The fourth-order valence-corrected chi connectivity index (χ4v) is 1.04. The van der Waals surface area contributed by atoms with E-state index in [9.17, 15) is 0 Å². The van der Waals surface area contributed by atoms with E-state index in [0.29, 0.717) is 11.8 Å². The van der Waals surface area contributed by atoms with Gasteiger partial charge >= 0.3 is 0 Å². The first kappa shape index (κ1) is 10.3. The van der Waals surface area contributed by atoms with Crippen molar-refractivity contribution in [3.63, 3.8) is 0 Å². The number of hydrogen-bond acceptors (Lipinski definition) is 0. The largest absolute Gasteiger partial charge is 0.133 e. The van der Waals surface area contributed by atoms with Crippen molar-refractivity contribution in [3.8, 4) is 0 Å². The smallest absolute Gasteiger partial charge is 0.0170 e. The standard InChI is InChI=1S/C11H18/c1-5-7-9-11(8-6-2)10(3)4/h6-8,10-11H,1,9H2,2-4H3. The van der Waals surface area contributed by atoms with E-state index in [1.165, 1.54) is 0 Å². The molecular weight excluding hydrogens is 132 g/mol. The van der Waals surface area contributed by atoms with Crippen LogP contribution in [0.4, 0.5) is 0 Å². The highest BCUT2D eigenvalue weighted by Gasteiger charge is 2.06.